The van der Waals surface area contributed by atoms with E-state index in [2.05, 4.69) is 64.4 Å². The van der Waals surface area contributed by atoms with Gasteiger partial charge in [-0.2, -0.15) is 0 Å². The van der Waals surface area contributed by atoms with Gasteiger partial charge >= 0.3 is 5.97 Å². The quantitative estimate of drug-likeness (QED) is 0.278. The van der Waals surface area contributed by atoms with Crippen LogP contribution in [0.1, 0.15) is 122 Å². The fraction of sp³-hybridized carbons (Fsp3) is 0.714. The van der Waals surface area contributed by atoms with Gasteiger partial charge in [-0.3, -0.25) is 4.79 Å². The number of nitrogens with zero attached hydrogens (tertiary/aromatic N) is 1. The molecular weight excluding hydrogens is 580 g/mol. The predicted molar refractivity (Wildman–Crippen MR) is 192 cm³/mol. The number of fused-ring (bicyclic) bond motifs is 7. The van der Waals surface area contributed by atoms with Gasteiger partial charge in [0.2, 0.25) is 5.91 Å². The minimum Gasteiger partial charge on any atom is -0.478 e. The van der Waals surface area contributed by atoms with Crippen LogP contribution in [0.5, 0.6) is 0 Å². The predicted octanol–water partition coefficient (Wildman–Crippen LogP) is 9.10. The Balaban J connectivity index is 1.30. The first kappa shape index (κ1) is 34.5. The first-order chi connectivity index (χ1) is 22.0. The number of rotatable bonds is 8. The Morgan fingerprint density at radius 2 is 1.62 bits per heavy atom. The van der Waals surface area contributed by atoms with E-state index in [-0.39, 0.29) is 33.0 Å². The number of benzene rings is 1. The summed E-state index contributed by atoms with van der Waals surface area (Å²) < 4.78 is 0. The summed E-state index contributed by atoms with van der Waals surface area (Å²) in [6.45, 7) is 21.4. The SMILES string of the molecule is C=C(C)C1CCC2(CNC(=O)CCN(C)C)CCC3(C)C(CCC4C5(C)CC=C(c6ccc(C(=O)O)cc6)C(C)(C)C5CCC43C)C12. The zero-order chi connectivity index (χ0) is 34.2. The molecule has 47 heavy (non-hydrogen) atoms. The molecule has 0 aromatic heterocycles. The second kappa shape index (κ2) is 11.9. The van der Waals surface area contributed by atoms with Gasteiger partial charge in [-0.25, -0.2) is 4.79 Å². The lowest BCUT2D eigenvalue weighted by Gasteiger charge is -2.72. The van der Waals surface area contributed by atoms with Crippen molar-refractivity contribution >= 4 is 17.4 Å². The van der Waals surface area contributed by atoms with E-state index in [4.69, 9.17) is 0 Å². The number of aromatic carboxylic acids is 1. The Morgan fingerprint density at radius 3 is 2.26 bits per heavy atom. The van der Waals surface area contributed by atoms with E-state index in [0.717, 1.165) is 19.5 Å². The lowest BCUT2D eigenvalue weighted by Crippen LogP contribution is -2.66. The van der Waals surface area contributed by atoms with Crippen LogP contribution in [0.25, 0.3) is 5.57 Å². The van der Waals surface area contributed by atoms with Crippen LogP contribution in [0.3, 0.4) is 0 Å². The van der Waals surface area contributed by atoms with Crippen LogP contribution < -0.4 is 5.32 Å². The van der Waals surface area contributed by atoms with Gasteiger partial charge in [0.05, 0.1) is 5.56 Å². The summed E-state index contributed by atoms with van der Waals surface area (Å²) in [6, 6.07) is 7.58. The highest BCUT2D eigenvalue weighted by Crippen LogP contribution is 2.77. The summed E-state index contributed by atoms with van der Waals surface area (Å²) in [4.78, 5) is 26.6. The Kier molecular flexibility index (Phi) is 8.71. The molecule has 0 bridgehead atoms. The zero-order valence-corrected chi connectivity index (χ0v) is 30.7. The highest BCUT2D eigenvalue weighted by atomic mass is 16.4. The Morgan fingerprint density at radius 1 is 0.915 bits per heavy atom. The number of carboxylic acids is 1. The monoisotopic (exact) mass is 642 g/mol. The molecule has 1 aromatic rings. The highest BCUT2D eigenvalue weighted by molar-refractivity contribution is 5.88. The molecule has 0 saturated heterocycles. The molecule has 4 fully saturated rings. The van der Waals surface area contributed by atoms with E-state index in [1.807, 2.05) is 26.2 Å². The average molecular weight is 643 g/mol. The second-order valence-electron chi connectivity index (χ2n) is 18.3. The van der Waals surface area contributed by atoms with Crippen molar-refractivity contribution in [2.45, 2.75) is 106 Å². The minimum atomic E-state index is -0.867. The zero-order valence-electron chi connectivity index (χ0n) is 30.7. The maximum absolute atomic E-state index is 13.0. The molecule has 5 aliphatic carbocycles. The van der Waals surface area contributed by atoms with Crippen LogP contribution in [-0.4, -0.2) is 49.1 Å². The molecule has 0 aliphatic heterocycles. The molecule has 9 unspecified atom stereocenters. The van der Waals surface area contributed by atoms with Crippen molar-refractivity contribution in [2.24, 2.45) is 56.7 Å². The molecule has 4 saturated carbocycles. The van der Waals surface area contributed by atoms with Gasteiger partial charge in [-0.15, -0.1) is 0 Å². The normalized spacial score (nSPS) is 40.4. The second-order valence-corrected chi connectivity index (χ2v) is 18.3. The summed E-state index contributed by atoms with van der Waals surface area (Å²) in [7, 11) is 4.07. The Labute approximate surface area is 285 Å². The average Bonchev–Trinajstić information content (AvgIpc) is 3.39. The summed E-state index contributed by atoms with van der Waals surface area (Å²) in [6.07, 6.45) is 14.2. The van der Waals surface area contributed by atoms with E-state index in [1.54, 1.807) is 12.1 Å². The van der Waals surface area contributed by atoms with Crippen LogP contribution >= 0.6 is 0 Å². The summed E-state index contributed by atoms with van der Waals surface area (Å²) in [5, 5.41) is 12.9. The lowest BCUT2D eigenvalue weighted by atomic mass is 9.32. The number of amides is 1. The smallest absolute Gasteiger partial charge is 0.335 e. The van der Waals surface area contributed by atoms with Crippen molar-refractivity contribution in [1.82, 2.24) is 10.2 Å². The summed E-state index contributed by atoms with van der Waals surface area (Å²) >= 11 is 0. The molecule has 5 aliphatic rings. The molecule has 0 heterocycles. The molecular formula is C42H62N2O3. The van der Waals surface area contributed by atoms with E-state index in [1.165, 1.54) is 68.1 Å². The number of nitrogens with one attached hydrogen (secondary N) is 1. The third kappa shape index (κ3) is 5.27. The number of carbonyl (C=O) groups excluding carboxylic acids is 1. The molecule has 258 valence electrons. The van der Waals surface area contributed by atoms with Gasteiger partial charge in [-0.1, -0.05) is 65.0 Å². The fourth-order valence-corrected chi connectivity index (χ4v) is 13.2. The van der Waals surface area contributed by atoms with Crippen molar-refractivity contribution in [1.29, 1.82) is 0 Å². The Bertz CT molecular complexity index is 1440. The van der Waals surface area contributed by atoms with Crippen LogP contribution in [0.15, 0.2) is 42.5 Å². The van der Waals surface area contributed by atoms with Gasteiger partial charge < -0.3 is 15.3 Å². The topological polar surface area (TPSA) is 69.6 Å². The number of allylic oxidation sites excluding steroid dienone is 3. The van der Waals surface area contributed by atoms with Gasteiger partial charge in [0.1, 0.15) is 0 Å². The van der Waals surface area contributed by atoms with Crippen molar-refractivity contribution < 1.29 is 14.7 Å². The molecule has 0 spiro atoms. The first-order valence-electron chi connectivity index (χ1n) is 18.6. The lowest BCUT2D eigenvalue weighted by molar-refractivity contribution is -0.225. The number of hydrogen-bond donors (Lipinski definition) is 2. The third-order valence-corrected chi connectivity index (χ3v) is 15.7. The van der Waals surface area contributed by atoms with E-state index < -0.39 is 5.97 Å². The van der Waals surface area contributed by atoms with Gasteiger partial charge in [0.15, 0.2) is 0 Å². The molecule has 6 rings (SSSR count). The maximum atomic E-state index is 13.0. The molecule has 1 amide bonds. The molecule has 1 aromatic carbocycles. The number of carboxylic acid groups (broad SMARTS) is 1. The van der Waals surface area contributed by atoms with Crippen molar-refractivity contribution in [3.63, 3.8) is 0 Å². The van der Waals surface area contributed by atoms with E-state index in [9.17, 15) is 14.7 Å². The maximum Gasteiger partial charge on any atom is 0.335 e. The minimum absolute atomic E-state index is 0.0137. The largest absolute Gasteiger partial charge is 0.478 e. The third-order valence-electron chi connectivity index (χ3n) is 15.7. The van der Waals surface area contributed by atoms with Crippen LogP contribution in [0.4, 0.5) is 0 Å². The number of hydrogen-bond acceptors (Lipinski definition) is 3. The first-order valence-corrected chi connectivity index (χ1v) is 18.6. The summed E-state index contributed by atoms with van der Waals surface area (Å²) in [5.74, 6) is 2.40. The van der Waals surface area contributed by atoms with Crippen molar-refractivity contribution in [3.8, 4) is 0 Å². The van der Waals surface area contributed by atoms with Gasteiger partial charge in [0.25, 0.3) is 0 Å². The van der Waals surface area contributed by atoms with Crippen molar-refractivity contribution in [3.05, 3.63) is 53.6 Å². The molecule has 2 N–H and O–H groups in total. The van der Waals surface area contributed by atoms with Crippen molar-refractivity contribution in [2.75, 3.05) is 27.2 Å². The standard InChI is InChI=1S/C42H62N2O3/c1-27(2)30-16-22-42(26-43-35(45)19-25-44(8)9)24-23-40(6)32(36(30)42)14-15-34-39(5)20-17-31(28-10-12-29(13-11-28)37(46)47)38(3,4)33(39)18-21-41(34,40)7/h10-13,17,30,32-34,36H,1,14-16,18-26H2,2-9H3,(H,43,45)(H,46,47). The molecule has 5 heteroatoms. The molecule has 9 atom stereocenters. The highest BCUT2D eigenvalue weighted by Gasteiger charge is 2.70. The van der Waals surface area contributed by atoms with Gasteiger partial charge in [0, 0.05) is 19.5 Å². The molecule has 5 nitrogen and oxygen atoms in total. The van der Waals surface area contributed by atoms with Crippen LogP contribution in [0.2, 0.25) is 0 Å². The summed E-state index contributed by atoms with van der Waals surface area (Å²) in [5.41, 5.74) is 5.25. The van der Waals surface area contributed by atoms with Gasteiger partial charge in [-0.05, 0) is 159 Å². The number of carbonyl (C=O) groups is 2. The van der Waals surface area contributed by atoms with Crippen LogP contribution in [0, 0.1) is 56.7 Å². The molecule has 0 radical (unpaired) electrons. The van der Waals surface area contributed by atoms with E-state index in [0.29, 0.717) is 41.6 Å². The van der Waals surface area contributed by atoms with E-state index >= 15 is 0 Å². The fourth-order valence-electron chi connectivity index (χ4n) is 13.2. The Hall–Kier alpha value is -2.40. The van der Waals surface area contributed by atoms with Crippen LogP contribution in [-0.2, 0) is 4.79 Å².